The van der Waals surface area contributed by atoms with Crippen molar-refractivity contribution in [3.8, 4) is 6.07 Å². The average Bonchev–Trinajstić information content (AvgIpc) is 2.33. The fraction of sp³-hybridized carbons (Fsp3) is 0.0833. The zero-order valence-electron chi connectivity index (χ0n) is 8.50. The molecule has 78 valence electrons. The van der Waals surface area contributed by atoms with Gasteiger partial charge in [0, 0.05) is 18.5 Å². The van der Waals surface area contributed by atoms with Crippen molar-refractivity contribution in [3.63, 3.8) is 0 Å². The van der Waals surface area contributed by atoms with Crippen molar-refractivity contribution >= 4 is 0 Å². The number of hydrogen-bond donors (Lipinski definition) is 0. The highest BCUT2D eigenvalue weighted by atomic mass is 16.1. The predicted octanol–water partition coefficient (Wildman–Crippen LogP) is 1.16. The number of hydrogen-bond acceptors (Lipinski definition) is 3. The van der Waals surface area contributed by atoms with Crippen LogP contribution >= 0.6 is 0 Å². The molecule has 0 aromatic carbocycles. The molecule has 4 heteroatoms. The maximum absolute atomic E-state index is 11.6. The van der Waals surface area contributed by atoms with Crippen LogP contribution in [0.4, 0.5) is 0 Å². The first-order chi connectivity index (χ1) is 7.79. The Morgan fingerprint density at radius 2 is 2.25 bits per heavy atom. The van der Waals surface area contributed by atoms with Crippen molar-refractivity contribution < 1.29 is 0 Å². The Hall–Kier alpha value is -2.41. The predicted molar refractivity (Wildman–Crippen MR) is 58.8 cm³/mol. The molecule has 0 spiro atoms. The first-order valence-electron chi connectivity index (χ1n) is 4.80. The molecular weight excluding hydrogens is 202 g/mol. The van der Waals surface area contributed by atoms with Crippen molar-refractivity contribution in [3.05, 3.63) is 64.3 Å². The Bertz CT molecular complexity index is 581. The van der Waals surface area contributed by atoms with Crippen LogP contribution in [0.1, 0.15) is 11.3 Å². The highest BCUT2D eigenvalue weighted by Gasteiger charge is 1.99. The normalized spacial score (nSPS) is 9.69. The first kappa shape index (κ1) is 10.1. The molecular formula is C12H9N3O. The van der Waals surface area contributed by atoms with Gasteiger partial charge in [0.05, 0.1) is 23.9 Å². The third-order valence-electron chi connectivity index (χ3n) is 2.18. The number of aromatic nitrogens is 2. The van der Waals surface area contributed by atoms with Gasteiger partial charge >= 0.3 is 0 Å². The average molecular weight is 211 g/mol. The molecule has 2 aromatic heterocycles. The smallest absolute Gasteiger partial charge is 0.252 e. The van der Waals surface area contributed by atoms with Gasteiger partial charge in [-0.2, -0.15) is 5.26 Å². The van der Waals surface area contributed by atoms with Crippen molar-refractivity contribution in [1.29, 1.82) is 5.26 Å². The molecule has 0 fully saturated rings. The van der Waals surface area contributed by atoms with E-state index in [0.717, 1.165) is 5.69 Å². The lowest BCUT2D eigenvalue weighted by Gasteiger charge is -2.04. The van der Waals surface area contributed by atoms with Gasteiger partial charge in [0.1, 0.15) is 0 Å². The third-order valence-corrected chi connectivity index (χ3v) is 2.18. The SMILES string of the molecule is N#Cc1ccn(Cc2ccccn2)c(=O)c1. The zero-order chi connectivity index (χ0) is 11.4. The minimum absolute atomic E-state index is 0.190. The molecule has 0 aliphatic heterocycles. The van der Waals surface area contributed by atoms with E-state index in [1.165, 1.54) is 10.6 Å². The van der Waals surface area contributed by atoms with E-state index in [0.29, 0.717) is 12.1 Å². The lowest BCUT2D eigenvalue weighted by atomic mass is 10.3. The Balaban J connectivity index is 2.30. The molecule has 0 aliphatic carbocycles. The van der Waals surface area contributed by atoms with Gasteiger partial charge < -0.3 is 4.57 Å². The van der Waals surface area contributed by atoms with Crippen molar-refractivity contribution in [2.45, 2.75) is 6.54 Å². The highest BCUT2D eigenvalue weighted by molar-refractivity contribution is 5.25. The van der Waals surface area contributed by atoms with E-state index in [1.54, 1.807) is 18.5 Å². The fourth-order valence-electron chi connectivity index (χ4n) is 1.37. The molecule has 0 saturated heterocycles. The maximum Gasteiger partial charge on any atom is 0.252 e. The van der Waals surface area contributed by atoms with Crippen molar-refractivity contribution in [1.82, 2.24) is 9.55 Å². The summed E-state index contributed by atoms with van der Waals surface area (Å²) in [6.45, 7) is 0.422. The Kier molecular flexibility index (Phi) is 2.79. The van der Waals surface area contributed by atoms with Crippen LogP contribution in [0.5, 0.6) is 0 Å². The van der Waals surface area contributed by atoms with Gasteiger partial charge in [-0.05, 0) is 18.2 Å². The Morgan fingerprint density at radius 1 is 1.38 bits per heavy atom. The van der Waals surface area contributed by atoms with Gasteiger partial charge in [-0.1, -0.05) is 6.07 Å². The molecule has 0 aliphatic rings. The quantitative estimate of drug-likeness (QED) is 0.749. The monoisotopic (exact) mass is 211 g/mol. The van der Waals surface area contributed by atoms with Crippen LogP contribution in [0, 0.1) is 11.3 Å². The molecule has 0 amide bonds. The second-order valence-electron chi connectivity index (χ2n) is 3.31. The zero-order valence-corrected chi connectivity index (χ0v) is 8.50. The lowest BCUT2D eigenvalue weighted by molar-refractivity contribution is 0.739. The van der Waals surface area contributed by atoms with Crippen LogP contribution in [-0.2, 0) is 6.54 Å². The highest BCUT2D eigenvalue weighted by Crippen LogP contribution is 1.97. The molecule has 0 unspecified atom stereocenters. The first-order valence-corrected chi connectivity index (χ1v) is 4.80. The third kappa shape index (κ3) is 2.15. The minimum atomic E-state index is -0.190. The number of nitrogens with zero attached hydrogens (tertiary/aromatic N) is 3. The Labute approximate surface area is 92.4 Å². The molecule has 0 saturated carbocycles. The fourth-order valence-corrected chi connectivity index (χ4v) is 1.37. The van der Waals surface area contributed by atoms with E-state index in [-0.39, 0.29) is 5.56 Å². The second kappa shape index (κ2) is 4.41. The van der Waals surface area contributed by atoms with Gasteiger partial charge in [0.25, 0.3) is 5.56 Å². The molecule has 4 nitrogen and oxygen atoms in total. The molecule has 0 N–H and O–H groups in total. The minimum Gasteiger partial charge on any atom is -0.309 e. The molecule has 2 rings (SSSR count). The van der Waals surface area contributed by atoms with Crippen LogP contribution in [0.2, 0.25) is 0 Å². The van der Waals surface area contributed by atoms with E-state index in [2.05, 4.69) is 4.98 Å². The van der Waals surface area contributed by atoms with Crippen LogP contribution in [0.3, 0.4) is 0 Å². The standard InChI is InChI=1S/C12H9N3O/c13-8-10-4-6-15(12(16)7-10)9-11-3-1-2-5-14-11/h1-7H,9H2. The number of rotatable bonds is 2. The second-order valence-corrected chi connectivity index (χ2v) is 3.31. The molecule has 0 radical (unpaired) electrons. The summed E-state index contributed by atoms with van der Waals surface area (Å²) in [5.41, 5.74) is 1.00. The number of nitriles is 1. The van der Waals surface area contributed by atoms with E-state index < -0.39 is 0 Å². The molecule has 2 aromatic rings. The lowest BCUT2D eigenvalue weighted by Crippen LogP contribution is -2.19. The number of pyridine rings is 2. The summed E-state index contributed by atoms with van der Waals surface area (Å²) in [5, 5.41) is 8.63. The van der Waals surface area contributed by atoms with E-state index in [1.807, 2.05) is 24.3 Å². The van der Waals surface area contributed by atoms with Crippen LogP contribution in [-0.4, -0.2) is 9.55 Å². The molecule has 0 bridgehead atoms. The largest absolute Gasteiger partial charge is 0.309 e. The Morgan fingerprint density at radius 3 is 2.88 bits per heavy atom. The summed E-state index contributed by atoms with van der Waals surface area (Å²) in [6, 6.07) is 10.4. The molecule has 0 atom stereocenters. The van der Waals surface area contributed by atoms with E-state index in [9.17, 15) is 4.79 Å². The van der Waals surface area contributed by atoms with E-state index >= 15 is 0 Å². The van der Waals surface area contributed by atoms with Crippen LogP contribution in [0.25, 0.3) is 0 Å². The van der Waals surface area contributed by atoms with Crippen LogP contribution < -0.4 is 5.56 Å². The van der Waals surface area contributed by atoms with Gasteiger partial charge in [-0.15, -0.1) is 0 Å². The van der Waals surface area contributed by atoms with E-state index in [4.69, 9.17) is 5.26 Å². The summed E-state index contributed by atoms with van der Waals surface area (Å²) in [5.74, 6) is 0. The maximum atomic E-state index is 11.6. The molecule has 16 heavy (non-hydrogen) atoms. The summed E-state index contributed by atoms with van der Waals surface area (Å²) in [7, 11) is 0. The van der Waals surface area contributed by atoms with Crippen LogP contribution in [0.15, 0.2) is 47.5 Å². The molecule has 2 heterocycles. The summed E-state index contributed by atoms with van der Waals surface area (Å²) in [4.78, 5) is 15.7. The topological polar surface area (TPSA) is 58.7 Å². The summed E-state index contributed by atoms with van der Waals surface area (Å²) >= 11 is 0. The van der Waals surface area contributed by atoms with Gasteiger partial charge in [-0.3, -0.25) is 9.78 Å². The summed E-state index contributed by atoms with van der Waals surface area (Å²) in [6.07, 6.45) is 3.29. The summed E-state index contributed by atoms with van der Waals surface area (Å²) < 4.78 is 1.52. The van der Waals surface area contributed by atoms with Crippen molar-refractivity contribution in [2.75, 3.05) is 0 Å². The van der Waals surface area contributed by atoms with Gasteiger partial charge in [0.15, 0.2) is 0 Å². The van der Waals surface area contributed by atoms with Gasteiger partial charge in [-0.25, -0.2) is 0 Å². The van der Waals surface area contributed by atoms with Gasteiger partial charge in [0.2, 0.25) is 0 Å². The van der Waals surface area contributed by atoms with Crippen molar-refractivity contribution in [2.24, 2.45) is 0 Å².